The van der Waals surface area contributed by atoms with E-state index in [-0.39, 0.29) is 5.78 Å². The van der Waals surface area contributed by atoms with Crippen molar-refractivity contribution < 1.29 is 4.79 Å². The van der Waals surface area contributed by atoms with Crippen LogP contribution < -0.4 is 0 Å². The normalized spacial score (nSPS) is 19.6. The zero-order chi connectivity index (χ0) is 19.1. The average Bonchev–Trinajstić information content (AvgIpc) is 3.21. The summed E-state index contributed by atoms with van der Waals surface area (Å²) >= 11 is 0. The summed E-state index contributed by atoms with van der Waals surface area (Å²) in [5.41, 5.74) is 5.65. The molecule has 0 amide bonds. The van der Waals surface area contributed by atoms with E-state index in [0.29, 0.717) is 5.92 Å². The number of aryl methyl sites for hydroxylation is 1. The van der Waals surface area contributed by atoms with Crippen molar-refractivity contribution in [2.75, 3.05) is 13.1 Å². The maximum atomic E-state index is 12.9. The van der Waals surface area contributed by atoms with Crippen molar-refractivity contribution in [1.29, 1.82) is 0 Å². The number of fused-ring (bicyclic) bond motifs is 3. The first-order chi connectivity index (χ1) is 13.7. The van der Waals surface area contributed by atoms with Gasteiger partial charge in [0.15, 0.2) is 0 Å². The van der Waals surface area contributed by atoms with E-state index in [1.54, 1.807) is 0 Å². The van der Waals surface area contributed by atoms with Gasteiger partial charge in [0.05, 0.1) is 12.2 Å². The molecular weight excluding hydrogens is 344 g/mol. The molecule has 0 aliphatic carbocycles. The SMILES string of the molecule is Cc1ccc2cc3n(c2c1)C/C(=C/C1CCN(Cc2ccccc2)CC1)C3=O. The summed E-state index contributed by atoms with van der Waals surface area (Å²) < 4.78 is 2.20. The molecular formula is C25H26N2O. The fourth-order valence-electron chi connectivity index (χ4n) is 4.66. The lowest BCUT2D eigenvalue weighted by Gasteiger charge is -2.30. The van der Waals surface area contributed by atoms with Crippen molar-refractivity contribution in [3.8, 4) is 0 Å². The predicted octanol–water partition coefficient (Wildman–Crippen LogP) is 4.98. The highest BCUT2D eigenvalue weighted by atomic mass is 16.1. The van der Waals surface area contributed by atoms with E-state index < -0.39 is 0 Å². The molecule has 0 N–H and O–H groups in total. The number of hydrogen-bond donors (Lipinski definition) is 0. The van der Waals surface area contributed by atoms with E-state index in [2.05, 4.69) is 77.1 Å². The Balaban J connectivity index is 1.27. The molecule has 3 heterocycles. The third-order valence-corrected chi connectivity index (χ3v) is 6.23. The molecule has 142 valence electrons. The van der Waals surface area contributed by atoms with Crippen molar-refractivity contribution in [2.45, 2.75) is 32.9 Å². The van der Waals surface area contributed by atoms with Crippen LogP contribution in [0.4, 0.5) is 0 Å². The summed E-state index contributed by atoms with van der Waals surface area (Å²) in [4.78, 5) is 15.5. The Bertz CT molecular complexity index is 1050. The molecule has 0 unspecified atom stereocenters. The Morgan fingerprint density at radius 1 is 1.04 bits per heavy atom. The number of Topliss-reactive ketones (excluding diaryl/α,β-unsaturated/α-hetero) is 1. The van der Waals surface area contributed by atoms with Crippen molar-refractivity contribution in [3.63, 3.8) is 0 Å². The van der Waals surface area contributed by atoms with Crippen LogP contribution in [0.25, 0.3) is 10.9 Å². The van der Waals surface area contributed by atoms with Crippen LogP contribution in [-0.2, 0) is 13.1 Å². The standard InChI is InChI=1S/C25H26N2O/c1-18-7-8-21-15-24-25(28)22(17-27(24)23(21)13-18)14-19-9-11-26(12-10-19)16-20-5-3-2-4-6-20/h2-8,13-15,19H,9-12,16-17H2,1H3/b22-14-. The Morgan fingerprint density at radius 2 is 1.82 bits per heavy atom. The Kier molecular flexibility index (Phi) is 4.40. The molecule has 1 aromatic heterocycles. The Labute approximate surface area is 166 Å². The van der Waals surface area contributed by atoms with Crippen LogP contribution in [0, 0.1) is 12.8 Å². The number of piperidine rings is 1. The quantitative estimate of drug-likeness (QED) is 0.607. The molecule has 28 heavy (non-hydrogen) atoms. The van der Waals surface area contributed by atoms with Gasteiger partial charge in [-0.2, -0.15) is 0 Å². The monoisotopic (exact) mass is 370 g/mol. The first kappa shape index (κ1) is 17.4. The summed E-state index contributed by atoms with van der Waals surface area (Å²) in [5.74, 6) is 0.740. The minimum Gasteiger partial charge on any atom is -0.333 e. The van der Waals surface area contributed by atoms with Crippen LogP contribution in [0.15, 0.2) is 66.2 Å². The van der Waals surface area contributed by atoms with Crippen LogP contribution in [-0.4, -0.2) is 28.3 Å². The van der Waals surface area contributed by atoms with E-state index >= 15 is 0 Å². The van der Waals surface area contributed by atoms with Crippen LogP contribution in [0.2, 0.25) is 0 Å². The summed E-state index contributed by atoms with van der Waals surface area (Å²) in [6.07, 6.45) is 4.55. The van der Waals surface area contributed by atoms with Gasteiger partial charge in [0.25, 0.3) is 0 Å². The van der Waals surface area contributed by atoms with Crippen molar-refractivity contribution in [2.24, 2.45) is 5.92 Å². The van der Waals surface area contributed by atoms with E-state index in [1.807, 2.05) is 0 Å². The average molecular weight is 370 g/mol. The van der Waals surface area contributed by atoms with Gasteiger partial charge < -0.3 is 4.57 Å². The lowest BCUT2D eigenvalue weighted by Crippen LogP contribution is -2.32. The molecule has 0 radical (unpaired) electrons. The van der Waals surface area contributed by atoms with Crippen molar-refractivity contribution in [3.05, 3.63) is 83.1 Å². The smallest absolute Gasteiger partial charge is 0.206 e. The number of carbonyl (C=O) groups is 1. The van der Waals surface area contributed by atoms with Gasteiger partial charge in [-0.15, -0.1) is 0 Å². The zero-order valence-corrected chi connectivity index (χ0v) is 16.4. The number of hydrogen-bond acceptors (Lipinski definition) is 2. The molecule has 2 aliphatic heterocycles. The summed E-state index contributed by atoms with van der Waals surface area (Å²) in [5, 5.41) is 1.17. The van der Waals surface area contributed by atoms with Crippen LogP contribution in [0.1, 0.15) is 34.5 Å². The number of likely N-dealkylation sites (tertiary alicyclic amines) is 1. The maximum absolute atomic E-state index is 12.9. The minimum absolute atomic E-state index is 0.223. The van der Waals surface area contributed by atoms with Gasteiger partial charge in [-0.25, -0.2) is 0 Å². The van der Waals surface area contributed by atoms with E-state index in [4.69, 9.17) is 0 Å². The van der Waals surface area contributed by atoms with Gasteiger partial charge in [-0.3, -0.25) is 9.69 Å². The summed E-state index contributed by atoms with van der Waals surface area (Å²) in [6, 6.07) is 19.2. The van der Waals surface area contributed by atoms with Crippen LogP contribution in [0.3, 0.4) is 0 Å². The maximum Gasteiger partial charge on any atom is 0.206 e. The largest absolute Gasteiger partial charge is 0.333 e. The van der Waals surface area contributed by atoms with Gasteiger partial charge in [0.1, 0.15) is 0 Å². The summed E-state index contributed by atoms with van der Waals surface area (Å²) in [6.45, 7) is 6.07. The van der Waals surface area contributed by atoms with Crippen LogP contribution >= 0.6 is 0 Å². The highest BCUT2D eigenvalue weighted by Gasteiger charge is 2.28. The lowest BCUT2D eigenvalue weighted by molar-refractivity contribution is 0.103. The number of aromatic nitrogens is 1. The van der Waals surface area contributed by atoms with Gasteiger partial charge >= 0.3 is 0 Å². The zero-order valence-electron chi connectivity index (χ0n) is 16.4. The molecule has 0 bridgehead atoms. The second-order valence-electron chi connectivity index (χ2n) is 8.30. The van der Waals surface area contributed by atoms with Crippen molar-refractivity contribution in [1.82, 2.24) is 9.47 Å². The van der Waals surface area contributed by atoms with Gasteiger partial charge in [-0.1, -0.05) is 48.5 Å². The fraction of sp³-hybridized carbons (Fsp3) is 0.320. The molecule has 0 spiro atoms. The van der Waals surface area contributed by atoms with Gasteiger partial charge in [-0.05, 0) is 62.0 Å². The number of benzene rings is 2. The molecule has 1 fully saturated rings. The van der Waals surface area contributed by atoms with Gasteiger partial charge in [0, 0.05) is 23.0 Å². The lowest BCUT2D eigenvalue weighted by atomic mass is 9.93. The molecule has 3 nitrogen and oxygen atoms in total. The molecule has 0 saturated carbocycles. The third kappa shape index (κ3) is 3.20. The molecule has 3 aromatic rings. The molecule has 5 rings (SSSR count). The molecule has 3 heteroatoms. The van der Waals surface area contributed by atoms with Crippen molar-refractivity contribution >= 4 is 16.7 Å². The predicted molar refractivity (Wildman–Crippen MR) is 114 cm³/mol. The molecule has 2 aliphatic rings. The number of ketones is 1. The number of rotatable bonds is 3. The van der Waals surface area contributed by atoms with Crippen LogP contribution in [0.5, 0.6) is 0 Å². The number of allylic oxidation sites excluding steroid dienone is 2. The van der Waals surface area contributed by atoms with E-state index in [1.165, 1.54) is 22.0 Å². The Hall–Kier alpha value is -2.65. The third-order valence-electron chi connectivity index (χ3n) is 6.23. The summed E-state index contributed by atoms with van der Waals surface area (Å²) in [7, 11) is 0. The second-order valence-corrected chi connectivity index (χ2v) is 8.30. The Morgan fingerprint density at radius 3 is 2.61 bits per heavy atom. The highest BCUT2D eigenvalue weighted by molar-refractivity contribution is 6.12. The molecule has 0 atom stereocenters. The first-order valence-electron chi connectivity index (χ1n) is 10.3. The van der Waals surface area contributed by atoms with Gasteiger partial charge in [0.2, 0.25) is 5.78 Å². The first-order valence-corrected chi connectivity index (χ1v) is 10.3. The number of nitrogens with zero attached hydrogens (tertiary/aromatic N) is 2. The topological polar surface area (TPSA) is 25.2 Å². The molecule has 2 aromatic carbocycles. The minimum atomic E-state index is 0.223. The fourth-order valence-corrected chi connectivity index (χ4v) is 4.66. The molecule has 1 saturated heterocycles. The second kappa shape index (κ2) is 7.06. The highest BCUT2D eigenvalue weighted by Crippen LogP contribution is 2.31. The van der Waals surface area contributed by atoms with E-state index in [0.717, 1.165) is 50.3 Å². The number of carbonyl (C=O) groups excluding carboxylic acids is 1. The van der Waals surface area contributed by atoms with E-state index in [9.17, 15) is 4.79 Å².